The maximum Gasteiger partial charge on any atom is 0.131 e. The second kappa shape index (κ2) is 5.14. The molecule has 0 fully saturated rings. The molecule has 0 saturated carbocycles. The number of nitrogens with one attached hydrogen (secondary N) is 1. The van der Waals surface area contributed by atoms with Gasteiger partial charge in [-0.25, -0.2) is 4.98 Å². The lowest BCUT2D eigenvalue weighted by Gasteiger charge is -2.17. The summed E-state index contributed by atoms with van der Waals surface area (Å²) in [5.74, 6) is 0.659. The van der Waals surface area contributed by atoms with E-state index in [0.29, 0.717) is 16.5 Å². The fraction of sp³-hybridized carbons (Fsp3) is 0.154. The van der Waals surface area contributed by atoms with E-state index in [2.05, 4.69) is 10.3 Å². The highest BCUT2D eigenvalue weighted by Crippen LogP contribution is 2.33. The van der Waals surface area contributed by atoms with Crippen LogP contribution in [0.3, 0.4) is 0 Å². The Labute approximate surface area is 110 Å². The summed E-state index contributed by atoms with van der Waals surface area (Å²) in [5.41, 5.74) is 0.430. The molecule has 0 aliphatic heterocycles. The Balaban J connectivity index is 2.25. The molecule has 0 saturated heterocycles. The van der Waals surface area contributed by atoms with Gasteiger partial charge < -0.3 is 15.5 Å². The molecule has 0 bridgehead atoms. The summed E-state index contributed by atoms with van der Waals surface area (Å²) in [6.45, 7) is 1.82. The summed E-state index contributed by atoms with van der Waals surface area (Å²) in [6.07, 6.45) is 0. The Kier molecular flexibility index (Phi) is 3.58. The average molecular weight is 265 g/mol. The highest BCUT2D eigenvalue weighted by atomic mass is 35.5. The van der Waals surface area contributed by atoms with Gasteiger partial charge in [-0.15, -0.1) is 0 Å². The van der Waals surface area contributed by atoms with Gasteiger partial charge in [0.15, 0.2) is 0 Å². The molecule has 5 heteroatoms. The second-order valence-corrected chi connectivity index (χ2v) is 4.31. The summed E-state index contributed by atoms with van der Waals surface area (Å²) in [6, 6.07) is 9.55. The van der Waals surface area contributed by atoms with Crippen molar-refractivity contribution in [3.63, 3.8) is 0 Å². The summed E-state index contributed by atoms with van der Waals surface area (Å²) in [4.78, 5) is 4.09. The standard InChI is InChI=1S/C13H13ClN2O2/c1-8(13-9(17)4-2-5-10(13)18)15-12-7-3-6-11(14)16-12/h2-8,17-18H,1H3,(H,15,16). The third kappa shape index (κ3) is 2.65. The number of aromatic hydroxyl groups is 2. The van der Waals surface area contributed by atoms with E-state index in [4.69, 9.17) is 11.6 Å². The Morgan fingerprint density at radius 2 is 1.72 bits per heavy atom. The van der Waals surface area contributed by atoms with E-state index in [1.165, 1.54) is 12.1 Å². The topological polar surface area (TPSA) is 65.4 Å². The lowest BCUT2D eigenvalue weighted by molar-refractivity contribution is 0.434. The highest BCUT2D eigenvalue weighted by Gasteiger charge is 2.15. The average Bonchev–Trinajstić information content (AvgIpc) is 2.28. The number of phenols is 2. The van der Waals surface area contributed by atoms with Gasteiger partial charge >= 0.3 is 0 Å². The van der Waals surface area contributed by atoms with E-state index in [9.17, 15) is 10.2 Å². The van der Waals surface area contributed by atoms with Crippen LogP contribution in [0.25, 0.3) is 0 Å². The van der Waals surface area contributed by atoms with Crippen molar-refractivity contribution in [2.45, 2.75) is 13.0 Å². The number of nitrogens with zero attached hydrogens (tertiary/aromatic N) is 1. The van der Waals surface area contributed by atoms with E-state index < -0.39 is 0 Å². The first kappa shape index (κ1) is 12.5. The lowest BCUT2D eigenvalue weighted by Crippen LogP contribution is -2.08. The van der Waals surface area contributed by atoms with Gasteiger partial charge in [0.2, 0.25) is 0 Å². The van der Waals surface area contributed by atoms with E-state index in [1.54, 1.807) is 24.3 Å². The molecule has 0 aliphatic carbocycles. The van der Waals surface area contributed by atoms with Gasteiger partial charge in [-0.05, 0) is 31.2 Å². The van der Waals surface area contributed by atoms with Crippen molar-refractivity contribution in [2.75, 3.05) is 5.32 Å². The first-order valence-electron chi connectivity index (χ1n) is 5.48. The van der Waals surface area contributed by atoms with Gasteiger partial charge in [0.1, 0.15) is 22.5 Å². The van der Waals surface area contributed by atoms with E-state index >= 15 is 0 Å². The Hall–Kier alpha value is -1.94. The van der Waals surface area contributed by atoms with Gasteiger partial charge in [0, 0.05) is 0 Å². The number of hydrogen-bond acceptors (Lipinski definition) is 4. The third-order valence-corrected chi connectivity index (χ3v) is 2.78. The van der Waals surface area contributed by atoms with Gasteiger partial charge in [0.25, 0.3) is 0 Å². The minimum atomic E-state index is -0.294. The molecule has 4 nitrogen and oxygen atoms in total. The molecule has 3 N–H and O–H groups in total. The van der Waals surface area contributed by atoms with Crippen LogP contribution in [-0.4, -0.2) is 15.2 Å². The zero-order chi connectivity index (χ0) is 13.1. The van der Waals surface area contributed by atoms with Crippen molar-refractivity contribution >= 4 is 17.4 Å². The molecule has 1 unspecified atom stereocenters. The quantitative estimate of drug-likeness (QED) is 0.744. The third-order valence-electron chi connectivity index (χ3n) is 2.57. The van der Waals surface area contributed by atoms with Crippen LogP contribution >= 0.6 is 11.6 Å². The number of pyridine rings is 1. The van der Waals surface area contributed by atoms with Crippen LogP contribution < -0.4 is 5.32 Å². The van der Waals surface area contributed by atoms with Crippen molar-refractivity contribution in [1.82, 2.24) is 4.98 Å². The van der Waals surface area contributed by atoms with Crippen LogP contribution in [0.2, 0.25) is 5.15 Å². The largest absolute Gasteiger partial charge is 0.507 e. The molecule has 1 atom stereocenters. The predicted octanol–water partition coefficient (Wildman–Crippen LogP) is 3.32. The SMILES string of the molecule is CC(Nc1cccc(Cl)n1)c1c(O)cccc1O. The van der Waals surface area contributed by atoms with Crippen LogP contribution in [-0.2, 0) is 0 Å². The van der Waals surface area contributed by atoms with Gasteiger partial charge in [-0.3, -0.25) is 0 Å². The van der Waals surface area contributed by atoms with Crippen LogP contribution in [0, 0.1) is 0 Å². The summed E-state index contributed by atoms with van der Waals surface area (Å²) < 4.78 is 0. The first-order chi connectivity index (χ1) is 8.58. The van der Waals surface area contributed by atoms with E-state index in [1.807, 2.05) is 6.92 Å². The van der Waals surface area contributed by atoms with Crippen LogP contribution in [0.5, 0.6) is 11.5 Å². The van der Waals surface area contributed by atoms with Crippen LogP contribution in [0.15, 0.2) is 36.4 Å². The minimum Gasteiger partial charge on any atom is -0.507 e. The van der Waals surface area contributed by atoms with Crippen molar-refractivity contribution in [3.8, 4) is 11.5 Å². The maximum atomic E-state index is 9.75. The molecule has 0 amide bonds. The fourth-order valence-corrected chi connectivity index (χ4v) is 1.93. The molecule has 1 heterocycles. The van der Waals surface area contributed by atoms with Crippen LogP contribution in [0.1, 0.15) is 18.5 Å². The van der Waals surface area contributed by atoms with Gasteiger partial charge in [-0.2, -0.15) is 0 Å². The number of phenolic OH excluding ortho intramolecular Hbond substituents is 2. The maximum absolute atomic E-state index is 9.75. The fourth-order valence-electron chi connectivity index (χ4n) is 1.77. The lowest BCUT2D eigenvalue weighted by atomic mass is 10.1. The van der Waals surface area contributed by atoms with Crippen molar-refractivity contribution in [3.05, 3.63) is 47.1 Å². The van der Waals surface area contributed by atoms with E-state index in [0.717, 1.165) is 0 Å². The Bertz CT molecular complexity index is 540. The molecule has 0 aliphatic rings. The normalized spacial score (nSPS) is 12.1. The van der Waals surface area contributed by atoms with Crippen molar-refractivity contribution in [2.24, 2.45) is 0 Å². The zero-order valence-electron chi connectivity index (χ0n) is 9.76. The van der Waals surface area contributed by atoms with Gasteiger partial charge in [-0.1, -0.05) is 23.7 Å². The molecule has 0 radical (unpaired) electrons. The molecular weight excluding hydrogens is 252 g/mol. The number of halogens is 1. The smallest absolute Gasteiger partial charge is 0.131 e. The summed E-state index contributed by atoms with van der Waals surface area (Å²) in [7, 11) is 0. The molecular formula is C13H13ClN2O2. The Morgan fingerprint density at radius 1 is 1.11 bits per heavy atom. The molecule has 2 rings (SSSR count). The Morgan fingerprint density at radius 3 is 2.33 bits per heavy atom. The molecule has 1 aromatic heterocycles. The van der Waals surface area contributed by atoms with E-state index in [-0.39, 0.29) is 17.5 Å². The number of aromatic nitrogens is 1. The minimum absolute atomic E-state index is 0.0389. The summed E-state index contributed by atoms with van der Waals surface area (Å²) >= 11 is 5.79. The predicted molar refractivity (Wildman–Crippen MR) is 71.1 cm³/mol. The van der Waals surface area contributed by atoms with Gasteiger partial charge in [0.05, 0.1) is 11.6 Å². The van der Waals surface area contributed by atoms with Crippen LogP contribution in [0.4, 0.5) is 5.82 Å². The second-order valence-electron chi connectivity index (χ2n) is 3.92. The van der Waals surface area contributed by atoms with Crippen molar-refractivity contribution in [1.29, 1.82) is 0 Å². The number of rotatable bonds is 3. The number of benzene rings is 1. The molecule has 2 aromatic rings. The number of hydrogen-bond donors (Lipinski definition) is 3. The number of anilines is 1. The first-order valence-corrected chi connectivity index (χ1v) is 5.85. The molecule has 0 spiro atoms. The van der Waals surface area contributed by atoms with Crippen molar-refractivity contribution < 1.29 is 10.2 Å². The monoisotopic (exact) mass is 264 g/mol. The molecule has 1 aromatic carbocycles. The molecule has 18 heavy (non-hydrogen) atoms. The zero-order valence-corrected chi connectivity index (χ0v) is 10.5. The highest BCUT2D eigenvalue weighted by molar-refractivity contribution is 6.29. The molecule has 94 valence electrons. The summed E-state index contributed by atoms with van der Waals surface area (Å²) in [5, 5.41) is 22.9.